The Morgan fingerprint density at radius 2 is 1.68 bits per heavy atom. The Morgan fingerprint density at radius 3 is 2.26 bits per heavy atom. The highest BCUT2D eigenvalue weighted by atomic mass is 32.2. The minimum Gasteiger partial charge on any atom is -0.487 e. The Bertz CT molecular complexity index is 1310. The third-order valence-corrected chi connectivity index (χ3v) is 7.20. The Kier molecular flexibility index (Phi) is 7.31. The molecule has 0 fully saturated rings. The maximum absolute atomic E-state index is 13.2. The zero-order valence-corrected chi connectivity index (χ0v) is 20.5. The van der Waals surface area contributed by atoms with Gasteiger partial charge >= 0.3 is 5.97 Å². The van der Waals surface area contributed by atoms with E-state index < -0.39 is 33.2 Å². The minimum absolute atomic E-state index is 0.0984. The van der Waals surface area contributed by atoms with Crippen molar-refractivity contribution in [3.05, 3.63) is 71.8 Å². The topological polar surface area (TPSA) is 110 Å². The summed E-state index contributed by atoms with van der Waals surface area (Å²) in [5.74, 6) is -1.31. The third kappa shape index (κ3) is 5.56. The van der Waals surface area contributed by atoms with Gasteiger partial charge in [0.05, 0.1) is 10.5 Å². The molecule has 0 radical (unpaired) electrons. The monoisotopic (exact) mass is 483 g/mol. The maximum Gasteiger partial charge on any atom is 0.326 e. The molecule has 0 aromatic heterocycles. The molecule has 8 heteroatoms. The fourth-order valence-corrected chi connectivity index (χ4v) is 4.20. The van der Waals surface area contributed by atoms with Gasteiger partial charge in [0.1, 0.15) is 18.4 Å². The molecule has 3 aromatic carbocycles. The van der Waals surface area contributed by atoms with E-state index in [2.05, 4.69) is 5.32 Å². The molecular formula is C26H29NO6S. The molecule has 34 heavy (non-hydrogen) atoms. The first-order chi connectivity index (χ1) is 15.9. The van der Waals surface area contributed by atoms with Gasteiger partial charge in [-0.15, -0.1) is 0 Å². The van der Waals surface area contributed by atoms with E-state index in [9.17, 15) is 23.1 Å². The third-order valence-electron chi connectivity index (χ3n) is 6.07. The number of benzene rings is 3. The molecule has 180 valence electrons. The van der Waals surface area contributed by atoms with Gasteiger partial charge in [-0.05, 0) is 41.0 Å². The summed E-state index contributed by atoms with van der Waals surface area (Å²) in [6, 6.07) is 16.1. The smallest absolute Gasteiger partial charge is 0.326 e. The predicted octanol–water partition coefficient (Wildman–Crippen LogP) is 4.44. The Balaban J connectivity index is 1.95. The molecule has 0 aliphatic carbocycles. The number of carbonyl (C=O) groups is 2. The fourth-order valence-electron chi connectivity index (χ4n) is 3.57. The molecule has 0 bridgehead atoms. The van der Waals surface area contributed by atoms with Crippen LogP contribution in [0.25, 0.3) is 10.8 Å². The van der Waals surface area contributed by atoms with Gasteiger partial charge in [-0.2, -0.15) is 0 Å². The number of aliphatic carboxylic acids is 1. The van der Waals surface area contributed by atoms with Crippen molar-refractivity contribution in [3.8, 4) is 5.75 Å². The highest BCUT2D eigenvalue weighted by Crippen LogP contribution is 2.32. The van der Waals surface area contributed by atoms with Gasteiger partial charge in [-0.25, -0.2) is 13.2 Å². The van der Waals surface area contributed by atoms with Gasteiger partial charge in [0.25, 0.3) is 5.91 Å². The lowest BCUT2D eigenvalue weighted by molar-refractivity contribution is -0.142. The number of hydrogen-bond donors (Lipinski definition) is 2. The van der Waals surface area contributed by atoms with Gasteiger partial charge in [0, 0.05) is 11.6 Å². The number of sulfone groups is 1. The molecule has 3 aromatic rings. The van der Waals surface area contributed by atoms with Crippen molar-refractivity contribution in [3.63, 3.8) is 0 Å². The highest BCUT2D eigenvalue weighted by molar-refractivity contribution is 7.90. The van der Waals surface area contributed by atoms with E-state index >= 15 is 0 Å². The van der Waals surface area contributed by atoms with E-state index in [0.717, 1.165) is 17.2 Å². The first-order valence-electron chi connectivity index (χ1n) is 10.9. The second-order valence-corrected chi connectivity index (χ2v) is 11.0. The lowest BCUT2D eigenvalue weighted by Gasteiger charge is -2.31. The van der Waals surface area contributed by atoms with Crippen LogP contribution in [0.3, 0.4) is 0 Å². The average molecular weight is 484 g/mol. The maximum atomic E-state index is 13.2. The van der Waals surface area contributed by atoms with Crippen LogP contribution < -0.4 is 10.1 Å². The standard InChI is InChI=1S/C26H29NO6S/c1-5-26(2,3)23(25(29)30)27-24(28)21-15-12-18-8-6-7-9-20(18)22(21)33-16-17-10-13-19(14-11-17)34(4,31)32/h6-15,23H,5,16H2,1-4H3,(H,27,28)(H,29,30). The summed E-state index contributed by atoms with van der Waals surface area (Å²) in [7, 11) is -3.31. The molecule has 1 amide bonds. The minimum atomic E-state index is -3.31. The molecule has 0 spiro atoms. The van der Waals surface area contributed by atoms with Crippen LogP contribution in [0.1, 0.15) is 43.1 Å². The zero-order valence-electron chi connectivity index (χ0n) is 19.7. The highest BCUT2D eigenvalue weighted by Gasteiger charge is 2.35. The van der Waals surface area contributed by atoms with Crippen molar-refractivity contribution in [1.82, 2.24) is 5.32 Å². The fraction of sp³-hybridized carbons (Fsp3) is 0.308. The number of hydrogen-bond acceptors (Lipinski definition) is 5. The predicted molar refractivity (Wildman–Crippen MR) is 131 cm³/mol. The normalized spacial score (nSPS) is 12.8. The van der Waals surface area contributed by atoms with Crippen LogP contribution in [0.4, 0.5) is 0 Å². The first kappa shape index (κ1) is 25.2. The van der Waals surface area contributed by atoms with E-state index in [1.54, 1.807) is 38.1 Å². The second-order valence-electron chi connectivity index (χ2n) is 8.96. The number of ether oxygens (including phenoxy) is 1. The molecule has 0 aliphatic rings. The summed E-state index contributed by atoms with van der Waals surface area (Å²) in [4.78, 5) is 25.3. The molecule has 2 N–H and O–H groups in total. The van der Waals surface area contributed by atoms with Crippen LogP contribution in [-0.2, 0) is 21.2 Å². The number of amides is 1. The SMILES string of the molecule is CCC(C)(C)C(NC(=O)c1ccc2ccccc2c1OCc1ccc(S(C)(=O)=O)cc1)C(=O)O. The summed E-state index contributed by atoms with van der Waals surface area (Å²) in [6.07, 6.45) is 1.71. The van der Waals surface area contributed by atoms with Crippen LogP contribution in [0.15, 0.2) is 65.6 Å². The Hall–Kier alpha value is -3.39. The van der Waals surface area contributed by atoms with Crippen molar-refractivity contribution in [1.29, 1.82) is 0 Å². The summed E-state index contributed by atoms with van der Waals surface area (Å²) in [5, 5.41) is 14.0. The van der Waals surface area contributed by atoms with Crippen LogP contribution in [-0.4, -0.2) is 37.7 Å². The summed E-state index contributed by atoms with van der Waals surface area (Å²) >= 11 is 0. The summed E-state index contributed by atoms with van der Waals surface area (Å²) in [5.41, 5.74) is 0.299. The lowest BCUT2D eigenvalue weighted by atomic mass is 9.81. The second kappa shape index (κ2) is 9.85. The number of fused-ring (bicyclic) bond motifs is 1. The number of carboxylic acid groups (broad SMARTS) is 1. The van der Waals surface area contributed by atoms with E-state index in [0.29, 0.717) is 17.6 Å². The van der Waals surface area contributed by atoms with Gasteiger partial charge in [0.15, 0.2) is 9.84 Å². The summed E-state index contributed by atoms with van der Waals surface area (Å²) < 4.78 is 29.5. The molecule has 0 aliphatic heterocycles. The molecule has 7 nitrogen and oxygen atoms in total. The van der Waals surface area contributed by atoms with Crippen LogP contribution >= 0.6 is 0 Å². The summed E-state index contributed by atoms with van der Waals surface area (Å²) in [6.45, 7) is 5.57. The molecule has 1 atom stereocenters. The Labute approximate surface area is 199 Å². The number of nitrogens with one attached hydrogen (secondary N) is 1. The van der Waals surface area contributed by atoms with Crippen molar-refractivity contribution >= 4 is 32.5 Å². The largest absolute Gasteiger partial charge is 0.487 e. The number of rotatable bonds is 9. The van der Waals surface area contributed by atoms with Crippen LogP contribution in [0.5, 0.6) is 5.75 Å². The number of carboxylic acids is 1. The van der Waals surface area contributed by atoms with E-state index in [1.165, 1.54) is 12.1 Å². The first-order valence-corrected chi connectivity index (χ1v) is 12.8. The van der Waals surface area contributed by atoms with Gasteiger partial charge < -0.3 is 15.2 Å². The molecule has 0 heterocycles. The van der Waals surface area contributed by atoms with E-state index in [-0.39, 0.29) is 17.1 Å². The van der Waals surface area contributed by atoms with Gasteiger partial charge in [-0.3, -0.25) is 4.79 Å². The Morgan fingerprint density at radius 1 is 1.03 bits per heavy atom. The molecular weight excluding hydrogens is 454 g/mol. The van der Waals surface area contributed by atoms with Crippen LogP contribution in [0, 0.1) is 5.41 Å². The quantitative estimate of drug-likeness (QED) is 0.466. The van der Waals surface area contributed by atoms with Crippen LogP contribution in [0.2, 0.25) is 0 Å². The zero-order chi connectivity index (χ0) is 25.1. The van der Waals surface area contributed by atoms with Gasteiger partial charge in [0.2, 0.25) is 0 Å². The van der Waals surface area contributed by atoms with E-state index in [4.69, 9.17) is 4.74 Å². The van der Waals surface area contributed by atoms with E-state index in [1.807, 2.05) is 31.2 Å². The van der Waals surface area contributed by atoms with Crippen molar-refractivity contribution in [2.45, 2.75) is 44.7 Å². The van der Waals surface area contributed by atoms with Crippen molar-refractivity contribution in [2.75, 3.05) is 6.26 Å². The lowest BCUT2D eigenvalue weighted by Crippen LogP contribution is -2.50. The molecule has 0 saturated heterocycles. The van der Waals surface area contributed by atoms with Gasteiger partial charge in [-0.1, -0.05) is 63.2 Å². The molecule has 0 saturated carbocycles. The van der Waals surface area contributed by atoms with Crippen molar-refractivity contribution < 1.29 is 27.9 Å². The number of carbonyl (C=O) groups excluding carboxylic acids is 1. The molecule has 1 unspecified atom stereocenters. The molecule has 3 rings (SSSR count). The average Bonchev–Trinajstić information content (AvgIpc) is 2.80. The van der Waals surface area contributed by atoms with Crippen molar-refractivity contribution in [2.24, 2.45) is 5.41 Å².